The van der Waals surface area contributed by atoms with Crippen LogP contribution in [0.4, 0.5) is 0 Å². The van der Waals surface area contributed by atoms with Crippen molar-refractivity contribution >= 4 is 5.97 Å². The molecule has 2 rings (SSSR count). The predicted molar refractivity (Wildman–Crippen MR) is 165 cm³/mol. The fraction of sp³-hybridized carbons (Fsp3) is 0.914. The van der Waals surface area contributed by atoms with Crippen molar-refractivity contribution in [2.24, 2.45) is 0 Å². The molecule has 1 saturated heterocycles. The summed E-state index contributed by atoms with van der Waals surface area (Å²) in [6, 6.07) is 0. The molecule has 0 saturated carbocycles. The molecule has 0 unspecified atom stereocenters. The van der Waals surface area contributed by atoms with Crippen molar-refractivity contribution in [3.8, 4) is 0 Å². The molecule has 234 valence electrons. The first-order chi connectivity index (χ1) is 19.5. The van der Waals surface area contributed by atoms with Crippen LogP contribution >= 0.6 is 0 Å². The highest BCUT2D eigenvalue weighted by Crippen LogP contribution is 2.28. The van der Waals surface area contributed by atoms with Crippen LogP contribution in [0.25, 0.3) is 0 Å². The van der Waals surface area contributed by atoms with E-state index in [2.05, 4.69) is 6.92 Å². The quantitative estimate of drug-likeness (QED) is 0.0809. The Balaban J connectivity index is 1.35. The number of aliphatic hydroxyl groups is 2. The summed E-state index contributed by atoms with van der Waals surface area (Å²) in [6.45, 7) is 4.18. The number of esters is 1. The smallest absolute Gasteiger partial charge is 0.334 e. The Bertz CT molecular complexity index is 662. The van der Waals surface area contributed by atoms with Gasteiger partial charge >= 0.3 is 5.97 Å². The van der Waals surface area contributed by atoms with E-state index in [4.69, 9.17) is 9.47 Å². The molecule has 0 aromatic rings. The Hall–Kier alpha value is -0.910. The largest absolute Gasteiger partial charge is 0.455 e. The molecule has 1 fully saturated rings. The Morgan fingerprint density at radius 2 is 1.07 bits per heavy atom. The van der Waals surface area contributed by atoms with E-state index in [1.54, 1.807) is 0 Å². The third kappa shape index (κ3) is 15.9. The summed E-state index contributed by atoms with van der Waals surface area (Å²) < 4.78 is 11.2. The van der Waals surface area contributed by atoms with Gasteiger partial charge in [0.15, 0.2) is 0 Å². The van der Waals surface area contributed by atoms with Crippen molar-refractivity contribution in [1.29, 1.82) is 0 Å². The third-order valence-electron chi connectivity index (χ3n) is 8.98. The first-order valence-electron chi connectivity index (χ1n) is 17.4. The average molecular weight is 565 g/mol. The number of carbonyl (C=O) groups is 1. The van der Waals surface area contributed by atoms with Crippen molar-refractivity contribution in [1.82, 2.24) is 0 Å². The Morgan fingerprint density at radius 1 is 0.675 bits per heavy atom. The summed E-state index contributed by atoms with van der Waals surface area (Å²) in [5.41, 5.74) is 0.865. The summed E-state index contributed by atoms with van der Waals surface area (Å²) in [6.07, 6.45) is 30.5. The van der Waals surface area contributed by atoms with Crippen molar-refractivity contribution in [2.45, 2.75) is 205 Å². The molecule has 0 aromatic carbocycles. The number of hydrogen-bond acceptors (Lipinski definition) is 5. The van der Waals surface area contributed by atoms with Gasteiger partial charge in [-0.2, -0.15) is 0 Å². The Labute approximate surface area is 246 Å². The maximum atomic E-state index is 11.6. The topological polar surface area (TPSA) is 76.0 Å². The van der Waals surface area contributed by atoms with Gasteiger partial charge in [-0.15, -0.1) is 0 Å². The van der Waals surface area contributed by atoms with Gasteiger partial charge in [0, 0.05) is 5.57 Å². The molecule has 5 atom stereocenters. The Kier molecular flexibility index (Phi) is 20.0. The molecule has 0 amide bonds. The van der Waals surface area contributed by atoms with E-state index >= 15 is 0 Å². The first-order valence-corrected chi connectivity index (χ1v) is 17.4. The zero-order valence-electron chi connectivity index (χ0n) is 26.3. The molecular weight excluding hydrogens is 500 g/mol. The van der Waals surface area contributed by atoms with E-state index < -0.39 is 6.10 Å². The van der Waals surface area contributed by atoms with E-state index in [0.717, 1.165) is 56.9 Å². The van der Waals surface area contributed by atoms with Gasteiger partial charge in [-0.3, -0.25) is 0 Å². The molecule has 40 heavy (non-hydrogen) atoms. The van der Waals surface area contributed by atoms with Crippen molar-refractivity contribution in [2.75, 3.05) is 0 Å². The van der Waals surface area contributed by atoms with E-state index in [9.17, 15) is 15.0 Å². The van der Waals surface area contributed by atoms with Gasteiger partial charge in [0.2, 0.25) is 0 Å². The van der Waals surface area contributed by atoms with Gasteiger partial charge in [-0.25, -0.2) is 4.79 Å². The predicted octanol–water partition coefficient (Wildman–Crippen LogP) is 9.12. The molecule has 0 bridgehead atoms. The second-order valence-electron chi connectivity index (χ2n) is 12.8. The Morgan fingerprint density at radius 3 is 1.48 bits per heavy atom. The molecule has 0 radical (unpaired) electrons. The highest BCUT2D eigenvalue weighted by molar-refractivity contribution is 5.90. The van der Waals surface area contributed by atoms with Crippen LogP contribution in [0.1, 0.15) is 174 Å². The van der Waals surface area contributed by atoms with E-state index in [0.29, 0.717) is 0 Å². The average Bonchev–Trinajstić information content (AvgIpc) is 3.56. The van der Waals surface area contributed by atoms with Gasteiger partial charge < -0.3 is 19.7 Å². The molecule has 5 heteroatoms. The molecule has 0 aromatic heterocycles. The van der Waals surface area contributed by atoms with Crippen LogP contribution in [-0.4, -0.2) is 46.7 Å². The fourth-order valence-electron chi connectivity index (χ4n) is 6.37. The minimum Gasteiger partial charge on any atom is -0.455 e. The summed E-state index contributed by atoms with van der Waals surface area (Å²) in [4.78, 5) is 11.6. The van der Waals surface area contributed by atoms with E-state index in [1.165, 1.54) is 109 Å². The van der Waals surface area contributed by atoms with Gasteiger partial charge in [-0.05, 0) is 51.5 Å². The minimum atomic E-state index is -0.394. The maximum Gasteiger partial charge on any atom is 0.334 e. The molecule has 0 spiro atoms. The van der Waals surface area contributed by atoms with Gasteiger partial charge in [-0.1, -0.05) is 129 Å². The molecule has 5 nitrogen and oxygen atoms in total. The number of hydrogen-bond donors (Lipinski definition) is 2. The lowest BCUT2D eigenvalue weighted by atomic mass is 10.00. The van der Waals surface area contributed by atoms with Crippen molar-refractivity contribution < 1.29 is 24.5 Å². The summed E-state index contributed by atoms with van der Waals surface area (Å²) in [7, 11) is 0. The number of ether oxygens (including phenoxy) is 2. The molecule has 2 aliphatic rings. The van der Waals surface area contributed by atoms with Crippen LogP contribution in [-0.2, 0) is 14.3 Å². The molecule has 2 aliphatic heterocycles. The lowest BCUT2D eigenvalue weighted by Gasteiger charge is -2.22. The van der Waals surface area contributed by atoms with E-state index in [-0.39, 0.29) is 30.4 Å². The standard InChI is InChI=1S/C35H64O5/c1-3-4-5-6-7-8-9-12-15-18-21-24-31(36)33-26-27-34(40-33)32(37)25-22-19-16-13-10-11-14-17-20-23-30-28-29(2)39-35(30)38/h28-29,31-34,36-37H,3-27H2,1-2H3/t29-,31-,32-,33-,34-/m0/s1. The van der Waals surface area contributed by atoms with Gasteiger partial charge in [0.25, 0.3) is 0 Å². The van der Waals surface area contributed by atoms with Crippen LogP contribution in [0.5, 0.6) is 0 Å². The summed E-state index contributed by atoms with van der Waals surface area (Å²) >= 11 is 0. The second kappa shape index (κ2) is 22.7. The van der Waals surface area contributed by atoms with Crippen LogP contribution in [0.15, 0.2) is 11.6 Å². The fourth-order valence-corrected chi connectivity index (χ4v) is 6.37. The monoisotopic (exact) mass is 564 g/mol. The number of aliphatic hydroxyl groups excluding tert-OH is 2. The number of rotatable bonds is 26. The number of carbonyl (C=O) groups excluding carboxylic acids is 1. The second-order valence-corrected chi connectivity index (χ2v) is 12.8. The lowest BCUT2D eigenvalue weighted by Crippen LogP contribution is -2.31. The van der Waals surface area contributed by atoms with Gasteiger partial charge in [0.05, 0.1) is 24.4 Å². The first kappa shape index (κ1) is 35.3. The molecule has 0 aliphatic carbocycles. The zero-order chi connectivity index (χ0) is 28.8. The molecular formula is C35H64O5. The maximum absolute atomic E-state index is 11.6. The zero-order valence-corrected chi connectivity index (χ0v) is 26.3. The van der Waals surface area contributed by atoms with Crippen molar-refractivity contribution in [3.05, 3.63) is 11.6 Å². The van der Waals surface area contributed by atoms with Crippen molar-refractivity contribution in [3.63, 3.8) is 0 Å². The highest BCUT2D eigenvalue weighted by atomic mass is 16.5. The molecule has 2 heterocycles. The summed E-state index contributed by atoms with van der Waals surface area (Å²) in [5.74, 6) is -0.121. The van der Waals surface area contributed by atoms with E-state index in [1.807, 2.05) is 13.0 Å². The van der Waals surface area contributed by atoms with Crippen LogP contribution in [0, 0.1) is 0 Å². The number of unbranched alkanes of at least 4 members (excludes halogenated alkanes) is 18. The number of cyclic esters (lactones) is 1. The molecule has 2 N–H and O–H groups in total. The normalized spacial score (nSPS) is 22.4. The van der Waals surface area contributed by atoms with Crippen LogP contribution in [0.2, 0.25) is 0 Å². The van der Waals surface area contributed by atoms with Crippen LogP contribution < -0.4 is 0 Å². The SMILES string of the molecule is CCCCCCCCCCCCC[C@H](O)[C@@H]1CC[C@@H]([C@@H](O)CCCCCCCCCCCC2=C[C@H](C)OC2=O)O1. The lowest BCUT2D eigenvalue weighted by molar-refractivity contribution is -0.139. The summed E-state index contributed by atoms with van der Waals surface area (Å²) in [5, 5.41) is 21.2. The van der Waals surface area contributed by atoms with Gasteiger partial charge in [0.1, 0.15) is 6.10 Å². The third-order valence-corrected chi connectivity index (χ3v) is 8.98. The minimum absolute atomic E-state index is 0.0481. The highest BCUT2D eigenvalue weighted by Gasteiger charge is 2.34. The van der Waals surface area contributed by atoms with Crippen LogP contribution in [0.3, 0.4) is 0 Å².